The number of halogens is 20. The molecular formula is C51H46F20N8O4. The summed E-state index contributed by atoms with van der Waals surface area (Å²) in [5.74, 6) is -27.5. The topological polar surface area (TPSA) is 121 Å². The lowest BCUT2D eigenvalue weighted by Crippen LogP contribution is -2.60. The molecule has 7 bridgehead atoms. The minimum atomic E-state index is -6.97. The molecule has 454 valence electrons. The molecule has 2 heterocycles. The molecule has 4 aromatic rings. The molecule has 83 heavy (non-hydrogen) atoms. The summed E-state index contributed by atoms with van der Waals surface area (Å²) in [5.41, 5.74) is -7.17. The Morgan fingerprint density at radius 3 is 1.06 bits per heavy atom. The Morgan fingerprint density at radius 2 is 0.711 bits per heavy atom. The zero-order valence-electron chi connectivity index (χ0n) is 42.7. The average molecular weight is 1210 g/mol. The Bertz CT molecular complexity index is 2960. The Hall–Kier alpha value is -6.14. The molecule has 8 saturated carbocycles. The van der Waals surface area contributed by atoms with Crippen LogP contribution in [0.15, 0.2) is 48.5 Å². The number of fused-ring (bicyclic) bond motifs is 2. The van der Waals surface area contributed by atoms with Gasteiger partial charge >= 0.3 is 72.4 Å². The normalized spacial score (nSPS) is 28.5. The first kappa shape index (κ1) is 58.6. The van der Waals surface area contributed by atoms with Crippen molar-refractivity contribution >= 4 is 23.3 Å². The third-order valence-corrected chi connectivity index (χ3v) is 17.6. The van der Waals surface area contributed by atoms with Crippen LogP contribution < -0.4 is 28.7 Å². The second-order valence-corrected chi connectivity index (χ2v) is 23.2. The number of benzene rings is 2. The fourth-order valence-electron chi connectivity index (χ4n) is 15.2. The molecule has 0 N–H and O–H groups in total. The van der Waals surface area contributed by atoms with Crippen molar-refractivity contribution in [3.05, 3.63) is 59.7 Å². The summed E-state index contributed by atoms with van der Waals surface area (Å²) in [6, 6.07) is -1.35. The fourth-order valence-corrected chi connectivity index (χ4v) is 15.2. The van der Waals surface area contributed by atoms with Crippen molar-refractivity contribution in [3.63, 3.8) is 0 Å². The molecule has 2 aromatic carbocycles. The van der Waals surface area contributed by atoms with E-state index in [2.05, 4.69) is 48.9 Å². The quantitative estimate of drug-likeness (QED) is 0.0831. The zero-order chi connectivity index (χ0) is 59.9. The maximum atomic E-state index is 16.3. The number of rotatable bonds is 19. The van der Waals surface area contributed by atoms with Crippen molar-refractivity contribution in [1.82, 2.24) is 29.9 Å². The molecule has 5 unspecified atom stereocenters. The van der Waals surface area contributed by atoms with Crippen LogP contribution in [0.1, 0.15) is 88.2 Å². The summed E-state index contributed by atoms with van der Waals surface area (Å²) in [7, 11) is 0. The van der Waals surface area contributed by atoms with Crippen LogP contribution in [0.25, 0.3) is 0 Å². The van der Waals surface area contributed by atoms with Gasteiger partial charge in [-0.3, -0.25) is 0 Å². The zero-order valence-corrected chi connectivity index (χ0v) is 42.7. The molecule has 8 fully saturated rings. The second-order valence-electron chi connectivity index (χ2n) is 23.2. The molecule has 0 radical (unpaired) electrons. The summed E-state index contributed by atoms with van der Waals surface area (Å²) in [5, 5.41) is 0. The van der Waals surface area contributed by atoms with Crippen molar-refractivity contribution in [3.8, 4) is 24.0 Å². The lowest BCUT2D eigenvalue weighted by atomic mass is 9.52. The highest BCUT2D eigenvalue weighted by atomic mass is 19.4. The second kappa shape index (κ2) is 19.4. The molecule has 8 aliphatic rings. The highest BCUT2D eigenvalue weighted by Gasteiger charge is 2.81. The van der Waals surface area contributed by atoms with E-state index in [1.165, 1.54) is 9.80 Å². The minimum absolute atomic E-state index is 0.00297. The number of aromatic nitrogens is 6. The molecule has 2 aromatic heterocycles. The van der Waals surface area contributed by atoms with Crippen LogP contribution in [0.5, 0.6) is 24.0 Å². The van der Waals surface area contributed by atoms with Gasteiger partial charge in [0.15, 0.2) is 26.4 Å². The van der Waals surface area contributed by atoms with Crippen LogP contribution in [0.4, 0.5) is 111 Å². The smallest absolute Gasteiger partial charge is 0.422 e. The van der Waals surface area contributed by atoms with Crippen molar-refractivity contribution in [2.45, 2.75) is 137 Å². The standard InChI is InChI=1S/C51H46F20N8O4/c52-44(53,54)21-80-37-72-35(73-38(76-37)81-22-45(55,56)57)78(41-14-25-9-26(15-41)11-27(10-25)16-41)33-5-1-29(2-6-33)48(64,65)50(68,69)51(70,71)49(66,67)30-3-7-34(8-4-30)79(42-17-28-12-31-13-32(19-42)43(31,18-28)20-42)36-74-39(82-23-46(58,59)60)77-40(75-36)83-24-47(61,62)63/h1-8,25-28,31-32H,9-24H2. The van der Waals surface area contributed by atoms with Crippen molar-refractivity contribution in [2.75, 3.05) is 36.2 Å². The third kappa shape index (κ3) is 10.7. The fraction of sp³-hybridized carbons (Fsp3) is 0.647. The highest BCUT2D eigenvalue weighted by molar-refractivity contribution is 5.64. The van der Waals surface area contributed by atoms with Gasteiger partial charge in [0.05, 0.1) is 0 Å². The van der Waals surface area contributed by atoms with E-state index in [-0.39, 0.29) is 102 Å². The van der Waals surface area contributed by atoms with Crippen LogP contribution in [0, 0.1) is 40.9 Å². The number of ether oxygens (including phenoxy) is 4. The highest BCUT2D eigenvalue weighted by Crippen LogP contribution is 2.78. The van der Waals surface area contributed by atoms with Gasteiger partial charge in [0.2, 0.25) is 11.9 Å². The van der Waals surface area contributed by atoms with E-state index in [9.17, 15) is 52.7 Å². The Morgan fingerprint density at radius 1 is 0.373 bits per heavy atom. The number of nitrogens with zero attached hydrogens (tertiary/aromatic N) is 8. The van der Waals surface area contributed by atoms with Gasteiger partial charge in [0.1, 0.15) is 0 Å². The van der Waals surface area contributed by atoms with Crippen LogP contribution >= 0.6 is 0 Å². The number of anilines is 4. The van der Waals surface area contributed by atoms with E-state index in [1.54, 1.807) is 0 Å². The van der Waals surface area contributed by atoms with Gasteiger partial charge in [-0.2, -0.15) is 108 Å². The Balaban J connectivity index is 0.917. The van der Waals surface area contributed by atoms with Gasteiger partial charge in [-0.25, -0.2) is 0 Å². The summed E-state index contributed by atoms with van der Waals surface area (Å²) in [6.07, 6.45) is -14.0. The molecular weight excluding hydrogens is 1170 g/mol. The maximum Gasteiger partial charge on any atom is 0.422 e. The molecule has 32 heteroatoms. The largest absolute Gasteiger partial charge is 0.454 e. The number of alkyl halides is 20. The molecule has 12 rings (SSSR count). The summed E-state index contributed by atoms with van der Waals surface area (Å²) in [6.45, 7) is -8.24. The first-order valence-corrected chi connectivity index (χ1v) is 26.0. The molecule has 0 aliphatic heterocycles. The molecule has 0 saturated heterocycles. The predicted octanol–water partition coefficient (Wildman–Crippen LogP) is 14.2. The Kier molecular flexibility index (Phi) is 13.7. The first-order valence-electron chi connectivity index (χ1n) is 26.0. The van der Waals surface area contributed by atoms with Crippen LogP contribution in [0.2, 0.25) is 0 Å². The first-order chi connectivity index (χ1) is 38.4. The van der Waals surface area contributed by atoms with Gasteiger partial charge in [0.25, 0.3) is 0 Å². The number of hydrogen-bond acceptors (Lipinski definition) is 12. The van der Waals surface area contributed by atoms with E-state index in [1.807, 2.05) is 0 Å². The molecule has 5 atom stereocenters. The van der Waals surface area contributed by atoms with E-state index in [0.29, 0.717) is 37.1 Å². The van der Waals surface area contributed by atoms with Crippen molar-refractivity contribution < 1.29 is 107 Å². The Labute approximate surface area is 456 Å². The van der Waals surface area contributed by atoms with E-state index in [0.717, 1.165) is 38.5 Å². The van der Waals surface area contributed by atoms with Crippen LogP contribution in [-0.2, 0) is 11.8 Å². The van der Waals surface area contributed by atoms with Gasteiger partial charge < -0.3 is 28.7 Å². The number of hydrogen-bond donors (Lipinski definition) is 0. The average Bonchev–Trinajstić information content (AvgIpc) is 1.60. The van der Waals surface area contributed by atoms with Crippen molar-refractivity contribution in [2.24, 2.45) is 40.9 Å². The van der Waals surface area contributed by atoms with E-state index in [4.69, 9.17) is 0 Å². The van der Waals surface area contributed by atoms with Crippen molar-refractivity contribution in [1.29, 1.82) is 0 Å². The van der Waals surface area contributed by atoms with E-state index >= 15 is 35.1 Å². The molecule has 8 aliphatic carbocycles. The summed E-state index contributed by atoms with van der Waals surface area (Å²) in [4.78, 5) is 24.9. The minimum Gasteiger partial charge on any atom is -0.454 e. The molecule has 0 amide bonds. The molecule has 12 nitrogen and oxygen atoms in total. The van der Waals surface area contributed by atoms with Crippen LogP contribution in [0.3, 0.4) is 0 Å². The summed E-state index contributed by atoms with van der Waals surface area (Å²) < 4.78 is 308. The summed E-state index contributed by atoms with van der Waals surface area (Å²) >= 11 is 0. The van der Waals surface area contributed by atoms with Gasteiger partial charge in [-0.15, -0.1) is 9.97 Å². The monoisotopic (exact) mass is 1210 g/mol. The van der Waals surface area contributed by atoms with Crippen LogP contribution in [-0.4, -0.2) is 104 Å². The lowest BCUT2D eigenvalue weighted by Gasteiger charge is -2.60. The maximum absolute atomic E-state index is 16.3. The van der Waals surface area contributed by atoms with Gasteiger partial charge in [-0.05, 0) is 142 Å². The van der Waals surface area contributed by atoms with Gasteiger partial charge in [0, 0.05) is 33.6 Å². The van der Waals surface area contributed by atoms with E-state index < -0.39 is 133 Å². The SMILES string of the molecule is FC(F)(F)COc1nc(OCC(F)(F)F)nc(N(c2ccc(C(F)(F)C(F)(F)C(F)(F)C(F)(F)c3ccc(N(c4nc(OCC(F)(F)F)nc(OCC(F)(F)F)n4)C45CC6CC7CC(C4)C7(C6)C5)cc3)cc2)C23CC4CC(CC(C4)C2)C3)n1. The molecule has 1 spiro atoms. The third-order valence-electron chi connectivity index (χ3n) is 17.6. The predicted molar refractivity (Wildman–Crippen MR) is 245 cm³/mol. The lowest BCUT2D eigenvalue weighted by molar-refractivity contribution is -0.374. The van der Waals surface area contributed by atoms with Gasteiger partial charge in [-0.1, -0.05) is 24.3 Å².